The zero-order valence-corrected chi connectivity index (χ0v) is 16.0. The van der Waals surface area contributed by atoms with Crippen molar-refractivity contribution in [3.63, 3.8) is 0 Å². The Labute approximate surface area is 164 Å². The Balaban J connectivity index is 1.37. The van der Waals surface area contributed by atoms with Crippen molar-refractivity contribution in [3.05, 3.63) is 66.4 Å². The van der Waals surface area contributed by atoms with Crippen LogP contribution in [-0.2, 0) is 4.79 Å². The maximum Gasteiger partial charge on any atom is 0.226 e. The Kier molecular flexibility index (Phi) is 5.33. The van der Waals surface area contributed by atoms with Crippen LogP contribution in [0.1, 0.15) is 18.4 Å². The van der Waals surface area contributed by atoms with Crippen molar-refractivity contribution in [2.24, 2.45) is 0 Å². The van der Waals surface area contributed by atoms with E-state index < -0.39 is 0 Å². The van der Waals surface area contributed by atoms with E-state index >= 15 is 0 Å². The number of methoxy groups -OCH3 is 1. The molecule has 1 N–H and O–H groups in total. The molecule has 0 radical (unpaired) electrons. The molecule has 2 heterocycles. The number of H-pyrrole nitrogens is 1. The molecule has 0 atom stereocenters. The molecule has 5 heteroatoms. The highest BCUT2D eigenvalue weighted by atomic mass is 16.5. The molecule has 0 fully saturated rings. The van der Waals surface area contributed by atoms with Crippen molar-refractivity contribution >= 4 is 22.4 Å². The third-order valence-electron chi connectivity index (χ3n) is 5.12. The fourth-order valence-electron chi connectivity index (χ4n) is 3.56. The number of rotatable bonds is 6. The first-order chi connectivity index (χ1) is 13.7. The predicted molar refractivity (Wildman–Crippen MR) is 111 cm³/mol. The van der Waals surface area contributed by atoms with Gasteiger partial charge in [0.05, 0.1) is 20.1 Å². The van der Waals surface area contributed by atoms with Crippen LogP contribution in [-0.4, -0.2) is 42.6 Å². The third-order valence-corrected chi connectivity index (χ3v) is 5.12. The van der Waals surface area contributed by atoms with Crippen molar-refractivity contribution in [2.45, 2.75) is 12.8 Å². The average Bonchev–Trinajstić information content (AvgIpc) is 3.17. The summed E-state index contributed by atoms with van der Waals surface area (Å²) >= 11 is 0. The summed E-state index contributed by atoms with van der Waals surface area (Å²) in [6.07, 6.45) is 5.43. The minimum atomic E-state index is 0.131. The summed E-state index contributed by atoms with van der Waals surface area (Å²) < 4.78 is 11.0. The molecule has 1 amide bonds. The number of hydrogen-bond donors (Lipinski definition) is 1. The van der Waals surface area contributed by atoms with E-state index in [0.29, 0.717) is 19.6 Å². The van der Waals surface area contributed by atoms with Crippen LogP contribution < -0.4 is 9.47 Å². The summed E-state index contributed by atoms with van der Waals surface area (Å²) in [5.74, 6) is 1.78. The molecule has 0 saturated heterocycles. The second-order valence-electron chi connectivity index (χ2n) is 6.84. The number of nitrogens with one attached hydrogen (secondary N) is 1. The average molecular weight is 376 g/mol. The second kappa shape index (κ2) is 8.21. The van der Waals surface area contributed by atoms with E-state index in [0.717, 1.165) is 35.4 Å². The van der Waals surface area contributed by atoms with Crippen LogP contribution >= 0.6 is 0 Å². The van der Waals surface area contributed by atoms with Crippen molar-refractivity contribution in [1.29, 1.82) is 0 Å². The molecule has 0 unspecified atom stereocenters. The molecule has 2 aromatic carbocycles. The minimum Gasteiger partial charge on any atom is -0.497 e. The molecule has 0 bridgehead atoms. The number of para-hydroxylation sites is 1. The predicted octanol–water partition coefficient (Wildman–Crippen LogP) is 4.26. The van der Waals surface area contributed by atoms with Crippen molar-refractivity contribution in [2.75, 3.05) is 26.8 Å². The smallest absolute Gasteiger partial charge is 0.226 e. The molecule has 144 valence electrons. The van der Waals surface area contributed by atoms with E-state index in [-0.39, 0.29) is 5.91 Å². The van der Waals surface area contributed by atoms with Crippen LogP contribution in [0.25, 0.3) is 16.5 Å². The lowest BCUT2D eigenvalue weighted by Crippen LogP contribution is -2.35. The topological polar surface area (TPSA) is 54.6 Å². The molecule has 4 rings (SSSR count). The Morgan fingerprint density at radius 1 is 1.14 bits per heavy atom. The molecule has 0 aliphatic carbocycles. The highest BCUT2D eigenvalue weighted by Gasteiger charge is 2.19. The molecule has 0 saturated carbocycles. The zero-order chi connectivity index (χ0) is 19.3. The number of nitrogens with zero attached hydrogens (tertiary/aromatic N) is 1. The fourth-order valence-corrected chi connectivity index (χ4v) is 3.56. The van der Waals surface area contributed by atoms with Gasteiger partial charge >= 0.3 is 0 Å². The standard InChI is InChI=1S/C23H24N2O3/c1-27-19-7-8-22-20(15-19)21(16-24-22)17-9-12-25(13-10-17)23(26)11-14-28-18-5-3-2-4-6-18/h2-9,15-16,24H,10-14H2,1H3. The van der Waals surface area contributed by atoms with Gasteiger partial charge in [-0.25, -0.2) is 0 Å². The lowest BCUT2D eigenvalue weighted by atomic mass is 9.98. The molecular formula is C23H24N2O3. The number of ether oxygens (including phenoxy) is 2. The maximum absolute atomic E-state index is 12.5. The number of amides is 1. The number of fused-ring (bicyclic) bond motifs is 1. The maximum atomic E-state index is 12.5. The van der Waals surface area contributed by atoms with Crippen LogP contribution in [0.5, 0.6) is 11.5 Å². The van der Waals surface area contributed by atoms with Crippen LogP contribution in [0.4, 0.5) is 0 Å². The van der Waals surface area contributed by atoms with Gasteiger partial charge in [0.1, 0.15) is 11.5 Å². The largest absolute Gasteiger partial charge is 0.497 e. The van der Waals surface area contributed by atoms with Gasteiger partial charge in [-0.05, 0) is 42.3 Å². The first kappa shape index (κ1) is 18.2. The number of aromatic nitrogens is 1. The summed E-state index contributed by atoms with van der Waals surface area (Å²) in [4.78, 5) is 17.7. The van der Waals surface area contributed by atoms with Gasteiger partial charge < -0.3 is 19.4 Å². The van der Waals surface area contributed by atoms with Gasteiger partial charge in [0.15, 0.2) is 0 Å². The van der Waals surface area contributed by atoms with E-state index in [1.807, 2.05) is 53.6 Å². The van der Waals surface area contributed by atoms with E-state index in [4.69, 9.17) is 9.47 Å². The number of carbonyl (C=O) groups excluding carboxylic acids is 1. The van der Waals surface area contributed by atoms with Gasteiger partial charge in [0.2, 0.25) is 5.91 Å². The molecule has 1 aliphatic rings. The molecular weight excluding hydrogens is 352 g/mol. The van der Waals surface area contributed by atoms with Crippen LogP contribution in [0.2, 0.25) is 0 Å². The Morgan fingerprint density at radius 3 is 2.75 bits per heavy atom. The van der Waals surface area contributed by atoms with Gasteiger partial charge in [-0.15, -0.1) is 0 Å². The van der Waals surface area contributed by atoms with E-state index in [9.17, 15) is 4.79 Å². The lowest BCUT2D eigenvalue weighted by molar-refractivity contribution is -0.131. The Morgan fingerprint density at radius 2 is 2.00 bits per heavy atom. The monoisotopic (exact) mass is 376 g/mol. The van der Waals surface area contributed by atoms with Crippen molar-refractivity contribution < 1.29 is 14.3 Å². The number of carbonyl (C=O) groups is 1. The van der Waals surface area contributed by atoms with Crippen LogP contribution in [0.3, 0.4) is 0 Å². The fraction of sp³-hybridized carbons (Fsp3) is 0.261. The summed E-state index contributed by atoms with van der Waals surface area (Å²) in [5, 5.41) is 1.15. The SMILES string of the molecule is COc1ccc2[nH]cc(C3=CCN(C(=O)CCOc4ccccc4)CC3)c2c1. The summed E-state index contributed by atoms with van der Waals surface area (Å²) in [5.41, 5.74) is 3.55. The van der Waals surface area contributed by atoms with Gasteiger partial charge in [-0.1, -0.05) is 24.3 Å². The van der Waals surface area contributed by atoms with Gasteiger partial charge in [-0.3, -0.25) is 4.79 Å². The molecule has 1 aromatic heterocycles. The summed E-state index contributed by atoms with van der Waals surface area (Å²) in [6.45, 7) is 1.76. The van der Waals surface area contributed by atoms with Gasteiger partial charge in [0, 0.05) is 35.8 Å². The minimum absolute atomic E-state index is 0.131. The van der Waals surface area contributed by atoms with E-state index in [1.165, 1.54) is 11.1 Å². The number of benzene rings is 2. The highest BCUT2D eigenvalue weighted by Crippen LogP contribution is 2.31. The Hall–Kier alpha value is -3.21. The van der Waals surface area contributed by atoms with Gasteiger partial charge in [-0.2, -0.15) is 0 Å². The highest BCUT2D eigenvalue weighted by molar-refractivity contribution is 5.94. The molecule has 1 aliphatic heterocycles. The van der Waals surface area contributed by atoms with Crippen molar-refractivity contribution in [1.82, 2.24) is 9.88 Å². The number of hydrogen-bond acceptors (Lipinski definition) is 3. The van der Waals surface area contributed by atoms with Crippen LogP contribution in [0, 0.1) is 0 Å². The second-order valence-corrected chi connectivity index (χ2v) is 6.84. The molecule has 3 aromatic rings. The van der Waals surface area contributed by atoms with Crippen LogP contribution in [0.15, 0.2) is 60.8 Å². The number of aromatic amines is 1. The third kappa shape index (κ3) is 3.88. The van der Waals surface area contributed by atoms with E-state index in [2.05, 4.69) is 17.1 Å². The first-order valence-corrected chi connectivity index (χ1v) is 9.55. The molecule has 28 heavy (non-hydrogen) atoms. The van der Waals surface area contributed by atoms with Crippen molar-refractivity contribution in [3.8, 4) is 11.5 Å². The lowest BCUT2D eigenvalue weighted by Gasteiger charge is -2.26. The zero-order valence-electron chi connectivity index (χ0n) is 16.0. The normalized spacial score (nSPS) is 14.0. The Bertz CT molecular complexity index is 992. The van der Waals surface area contributed by atoms with Gasteiger partial charge in [0.25, 0.3) is 0 Å². The molecule has 0 spiro atoms. The molecule has 5 nitrogen and oxygen atoms in total. The quantitative estimate of drug-likeness (QED) is 0.699. The first-order valence-electron chi connectivity index (χ1n) is 9.55. The van der Waals surface area contributed by atoms with E-state index in [1.54, 1.807) is 7.11 Å². The summed E-state index contributed by atoms with van der Waals surface area (Å²) in [6, 6.07) is 15.6. The summed E-state index contributed by atoms with van der Waals surface area (Å²) in [7, 11) is 1.68.